The van der Waals surface area contributed by atoms with Crippen molar-refractivity contribution in [2.24, 2.45) is 0 Å². The summed E-state index contributed by atoms with van der Waals surface area (Å²) < 4.78 is 5.11. The smallest absolute Gasteiger partial charge is 0.241 e. The van der Waals surface area contributed by atoms with Crippen LogP contribution in [0.25, 0.3) is 0 Å². The minimum Gasteiger partial charge on any atom is -0.497 e. The molecule has 1 aromatic carbocycles. The van der Waals surface area contributed by atoms with Gasteiger partial charge in [-0.15, -0.1) is 0 Å². The fourth-order valence-corrected chi connectivity index (χ4v) is 2.05. The van der Waals surface area contributed by atoms with Crippen LogP contribution < -0.4 is 9.64 Å². The third-order valence-electron chi connectivity index (χ3n) is 3.01. The standard InChI is InChI=1S/C13H18N2O2.C2H6/c1-14-8-3-9-15(13(16)10-14)11-4-6-12(17-2)7-5-11;1-2/h4-7H,3,8-10H2,1-2H3;1-2H3. The highest BCUT2D eigenvalue weighted by Crippen LogP contribution is 2.20. The Bertz CT molecular complexity index is 390. The van der Waals surface area contributed by atoms with Crippen molar-refractivity contribution in [1.29, 1.82) is 0 Å². The van der Waals surface area contributed by atoms with Crippen molar-refractivity contribution in [3.05, 3.63) is 24.3 Å². The van der Waals surface area contributed by atoms with Gasteiger partial charge in [-0.25, -0.2) is 0 Å². The molecule has 1 aliphatic rings. The normalized spacial score (nSPS) is 16.4. The van der Waals surface area contributed by atoms with Crippen LogP contribution in [0.4, 0.5) is 5.69 Å². The van der Waals surface area contributed by atoms with E-state index in [1.165, 1.54) is 0 Å². The predicted octanol–water partition coefficient (Wildman–Crippen LogP) is 2.39. The van der Waals surface area contributed by atoms with Gasteiger partial charge in [0.1, 0.15) is 5.75 Å². The molecule has 1 fully saturated rings. The third-order valence-corrected chi connectivity index (χ3v) is 3.01. The fourth-order valence-electron chi connectivity index (χ4n) is 2.05. The number of carbonyl (C=O) groups excluding carboxylic acids is 1. The van der Waals surface area contributed by atoms with Crippen molar-refractivity contribution in [3.63, 3.8) is 0 Å². The van der Waals surface area contributed by atoms with E-state index < -0.39 is 0 Å². The van der Waals surface area contributed by atoms with Crippen LogP contribution in [0.5, 0.6) is 5.75 Å². The van der Waals surface area contributed by atoms with Crippen LogP contribution in [0.1, 0.15) is 20.3 Å². The molecule has 1 amide bonds. The number of carbonyl (C=O) groups is 1. The van der Waals surface area contributed by atoms with E-state index in [4.69, 9.17) is 4.74 Å². The van der Waals surface area contributed by atoms with E-state index in [0.29, 0.717) is 6.54 Å². The molecular formula is C15H24N2O2. The Hall–Kier alpha value is -1.55. The van der Waals surface area contributed by atoms with E-state index in [9.17, 15) is 4.79 Å². The molecule has 0 bridgehead atoms. The zero-order valence-corrected chi connectivity index (χ0v) is 12.3. The number of anilines is 1. The van der Waals surface area contributed by atoms with Gasteiger partial charge in [0.25, 0.3) is 0 Å². The number of ether oxygens (including phenoxy) is 1. The van der Waals surface area contributed by atoms with E-state index in [0.717, 1.165) is 30.9 Å². The molecule has 106 valence electrons. The second kappa shape index (κ2) is 7.79. The van der Waals surface area contributed by atoms with Crippen molar-refractivity contribution in [2.75, 3.05) is 38.7 Å². The average Bonchev–Trinajstić information content (AvgIpc) is 2.62. The summed E-state index contributed by atoms with van der Waals surface area (Å²) in [6.45, 7) is 6.25. The highest BCUT2D eigenvalue weighted by atomic mass is 16.5. The monoisotopic (exact) mass is 264 g/mol. The van der Waals surface area contributed by atoms with Gasteiger partial charge in [0, 0.05) is 18.8 Å². The van der Waals surface area contributed by atoms with Crippen LogP contribution in [-0.2, 0) is 4.79 Å². The lowest BCUT2D eigenvalue weighted by molar-refractivity contribution is -0.118. The molecule has 0 saturated carbocycles. The number of hydrogen-bond donors (Lipinski definition) is 0. The first-order chi connectivity index (χ1) is 9.20. The van der Waals surface area contributed by atoms with Gasteiger partial charge in [-0.05, 0) is 37.7 Å². The first-order valence-electron chi connectivity index (χ1n) is 6.83. The summed E-state index contributed by atoms with van der Waals surface area (Å²) >= 11 is 0. The van der Waals surface area contributed by atoms with E-state index in [1.54, 1.807) is 7.11 Å². The number of rotatable bonds is 2. The first kappa shape index (κ1) is 15.5. The van der Waals surface area contributed by atoms with Crippen molar-refractivity contribution in [1.82, 2.24) is 4.90 Å². The zero-order valence-electron chi connectivity index (χ0n) is 12.3. The number of amides is 1. The SMILES string of the molecule is CC.COc1ccc(N2CCCN(C)CC2=O)cc1. The minimum absolute atomic E-state index is 0.162. The molecule has 0 radical (unpaired) electrons. The number of benzene rings is 1. The van der Waals surface area contributed by atoms with Gasteiger partial charge in [-0.3, -0.25) is 9.69 Å². The Kier molecular flexibility index (Phi) is 6.36. The molecule has 19 heavy (non-hydrogen) atoms. The van der Waals surface area contributed by atoms with Crippen LogP contribution in [0.15, 0.2) is 24.3 Å². The van der Waals surface area contributed by atoms with Gasteiger partial charge < -0.3 is 9.64 Å². The topological polar surface area (TPSA) is 32.8 Å². The summed E-state index contributed by atoms with van der Waals surface area (Å²) in [6, 6.07) is 7.64. The first-order valence-corrected chi connectivity index (χ1v) is 6.83. The summed E-state index contributed by atoms with van der Waals surface area (Å²) in [5.41, 5.74) is 0.950. The Morgan fingerprint density at radius 3 is 2.32 bits per heavy atom. The van der Waals surface area contributed by atoms with Crippen LogP contribution in [0.2, 0.25) is 0 Å². The molecule has 0 aromatic heterocycles. The molecule has 1 aromatic rings. The van der Waals surface area contributed by atoms with Gasteiger partial charge in [-0.2, -0.15) is 0 Å². The Morgan fingerprint density at radius 2 is 1.74 bits per heavy atom. The van der Waals surface area contributed by atoms with Crippen LogP contribution in [0, 0.1) is 0 Å². The summed E-state index contributed by atoms with van der Waals surface area (Å²) in [5.74, 6) is 0.975. The predicted molar refractivity (Wildman–Crippen MR) is 78.8 cm³/mol. The number of hydrogen-bond acceptors (Lipinski definition) is 3. The summed E-state index contributed by atoms with van der Waals surface area (Å²) in [6.07, 6.45) is 1.01. The molecule has 1 heterocycles. The quantitative estimate of drug-likeness (QED) is 0.822. The largest absolute Gasteiger partial charge is 0.497 e. The maximum absolute atomic E-state index is 12.0. The molecule has 0 atom stereocenters. The second-order valence-electron chi connectivity index (χ2n) is 4.33. The molecular weight excluding hydrogens is 240 g/mol. The minimum atomic E-state index is 0.162. The van der Waals surface area contributed by atoms with Gasteiger partial charge >= 0.3 is 0 Å². The van der Waals surface area contributed by atoms with Crippen LogP contribution in [-0.4, -0.2) is 44.6 Å². The van der Waals surface area contributed by atoms with Crippen molar-refractivity contribution in [2.45, 2.75) is 20.3 Å². The van der Waals surface area contributed by atoms with Gasteiger partial charge in [-0.1, -0.05) is 13.8 Å². The van der Waals surface area contributed by atoms with E-state index in [2.05, 4.69) is 4.90 Å². The van der Waals surface area contributed by atoms with Gasteiger partial charge in [0.2, 0.25) is 5.91 Å². The maximum Gasteiger partial charge on any atom is 0.241 e. The Balaban J connectivity index is 0.000000861. The molecule has 2 rings (SSSR count). The number of methoxy groups -OCH3 is 1. The summed E-state index contributed by atoms with van der Waals surface area (Å²) in [7, 11) is 3.62. The lowest BCUT2D eigenvalue weighted by Gasteiger charge is -2.20. The third kappa shape index (κ3) is 4.24. The van der Waals surface area contributed by atoms with Gasteiger partial charge in [0.05, 0.1) is 13.7 Å². The van der Waals surface area contributed by atoms with Crippen molar-refractivity contribution in [3.8, 4) is 5.75 Å². The van der Waals surface area contributed by atoms with Crippen molar-refractivity contribution >= 4 is 11.6 Å². The molecule has 4 heteroatoms. The van der Waals surface area contributed by atoms with E-state index in [1.807, 2.05) is 50.1 Å². The Morgan fingerprint density at radius 1 is 1.11 bits per heavy atom. The highest BCUT2D eigenvalue weighted by molar-refractivity contribution is 5.95. The molecule has 4 nitrogen and oxygen atoms in total. The molecule has 0 aliphatic carbocycles. The molecule has 0 unspecified atom stereocenters. The van der Waals surface area contributed by atoms with E-state index >= 15 is 0 Å². The summed E-state index contributed by atoms with van der Waals surface area (Å²) in [5, 5.41) is 0. The lowest BCUT2D eigenvalue weighted by atomic mass is 10.2. The molecule has 1 saturated heterocycles. The highest BCUT2D eigenvalue weighted by Gasteiger charge is 2.20. The maximum atomic E-state index is 12.0. The van der Waals surface area contributed by atoms with Crippen LogP contribution >= 0.6 is 0 Å². The van der Waals surface area contributed by atoms with Gasteiger partial charge in [0.15, 0.2) is 0 Å². The average molecular weight is 264 g/mol. The lowest BCUT2D eigenvalue weighted by Crippen LogP contribution is -2.35. The van der Waals surface area contributed by atoms with Crippen LogP contribution in [0.3, 0.4) is 0 Å². The fraction of sp³-hybridized carbons (Fsp3) is 0.533. The second-order valence-corrected chi connectivity index (χ2v) is 4.33. The zero-order chi connectivity index (χ0) is 14.3. The molecule has 0 spiro atoms. The number of likely N-dealkylation sites (N-methyl/N-ethyl adjacent to an activating group) is 1. The molecule has 0 N–H and O–H groups in total. The number of nitrogens with zero attached hydrogens (tertiary/aromatic N) is 2. The molecule has 1 aliphatic heterocycles. The summed E-state index contributed by atoms with van der Waals surface area (Å²) in [4.78, 5) is 15.9. The van der Waals surface area contributed by atoms with E-state index in [-0.39, 0.29) is 5.91 Å². The Labute approximate surface area is 116 Å². The van der Waals surface area contributed by atoms with Crippen molar-refractivity contribution < 1.29 is 9.53 Å².